The van der Waals surface area contributed by atoms with Gasteiger partial charge in [0.05, 0.1) is 6.42 Å². The van der Waals surface area contributed by atoms with E-state index in [1.807, 2.05) is 11.8 Å². The number of amides is 1. The van der Waals surface area contributed by atoms with E-state index >= 15 is 0 Å². The molecule has 1 saturated heterocycles. The maximum atomic E-state index is 12.0. The summed E-state index contributed by atoms with van der Waals surface area (Å²) in [5.41, 5.74) is 2.38. The number of carboxylic acids is 1. The number of hydrogen-bond acceptors (Lipinski definition) is 3. The first kappa shape index (κ1) is 15.5. The summed E-state index contributed by atoms with van der Waals surface area (Å²) in [7, 11) is 0. The third-order valence-electron chi connectivity index (χ3n) is 4.11. The van der Waals surface area contributed by atoms with Crippen LogP contribution >= 0.6 is 0 Å². The van der Waals surface area contributed by atoms with Crippen LogP contribution in [-0.4, -0.2) is 41.0 Å². The van der Waals surface area contributed by atoms with E-state index in [2.05, 4.69) is 36.5 Å². The molecule has 2 unspecified atom stereocenters. The zero-order valence-corrected chi connectivity index (χ0v) is 12.5. The Morgan fingerprint density at radius 2 is 2.10 bits per heavy atom. The summed E-state index contributed by atoms with van der Waals surface area (Å²) in [6.07, 6.45) is 0.825. The second-order valence-corrected chi connectivity index (χ2v) is 5.41. The minimum Gasteiger partial charge on any atom is -0.481 e. The number of hydrogen-bond donors (Lipinski definition) is 2. The lowest BCUT2D eigenvalue weighted by Gasteiger charge is -2.38. The smallest absolute Gasteiger partial charge is 0.305 e. The maximum Gasteiger partial charge on any atom is 0.305 e. The highest BCUT2D eigenvalue weighted by Crippen LogP contribution is 2.25. The molecule has 1 amide bonds. The molecular formula is C16H22N2O3. The second-order valence-electron chi connectivity index (χ2n) is 5.41. The van der Waals surface area contributed by atoms with Crippen LogP contribution in [0.2, 0.25) is 0 Å². The van der Waals surface area contributed by atoms with Gasteiger partial charge in [0, 0.05) is 19.1 Å². The Kier molecular flexibility index (Phi) is 4.96. The lowest BCUT2D eigenvalue weighted by atomic mass is 9.99. The van der Waals surface area contributed by atoms with E-state index in [9.17, 15) is 9.59 Å². The van der Waals surface area contributed by atoms with Crippen molar-refractivity contribution in [3.63, 3.8) is 0 Å². The summed E-state index contributed by atoms with van der Waals surface area (Å²) in [5.74, 6) is -1.14. The molecule has 0 bridgehead atoms. The Bertz CT molecular complexity index is 513. The third kappa shape index (κ3) is 3.61. The quantitative estimate of drug-likeness (QED) is 0.864. The maximum absolute atomic E-state index is 12.0. The number of carboxylic acid groups (broad SMARTS) is 1. The summed E-state index contributed by atoms with van der Waals surface area (Å²) in [6, 6.07) is 7.72. The van der Waals surface area contributed by atoms with Crippen molar-refractivity contribution in [1.82, 2.24) is 10.2 Å². The predicted octanol–water partition coefficient (Wildman–Crippen LogP) is 1.59. The predicted molar refractivity (Wildman–Crippen MR) is 80.0 cm³/mol. The van der Waals surface area contributed by atoms with Gasteiger partial charge in [-0.15, -0.1) is 0 Å². The van der Waals surface area contributed by atoms with Gasteiger partial charge in [-0.05, 0) is 24.5 Å². The molecule has 2 rings (SSSR count). The molecule has 1 aromatic rings. The molecule has 0 radical (unpaired) electrons. The van der Waals surface area contributed by atoms with Gasteiger partial charge in [-0.2, -0.15) is 0 Å². The molecule has 0 saturated carbocycles. The SMILES string of the molecule is CCc1ccc(C(C)N2CCNC(=O)C2CC(=O)O)cc1. The van der Waals surface area contributed by atoms with E-state index in [0.717, 1.165) is 12.0 Å². The minimum absolute atomic E-state index is 0.0197. The van der Waals surface area contributed by atoms with Crippen LogP contribution in [0.1, 0.15) is 37.4 Å². The summed E-state index contributed by atoms with van der Waals surface area (Å²) in [6.45, 7) is 5.36. The minimum atomic E-state index is -0.949. The molecule has 0 spiro atoms. The number of aryl methyl sites for hydroxylation is 1. The average Bonchev–Trinajstić information content (AvgIpc) is 2.48. The van der Waals surface area contributed by atoms with E-state index in [4.69, 9.17) is 5.11 Å². The fraction of sp³-hybridized carbons (Fsp3) is 0.500. The van der Waals surface area contributed by atoms with Gasteiger partial charge in [-0.3, -0.25) is 14.5 Å². The summed E-state index contributed by atoms with van der Waals surface area (Å²) < 4.78 is 0. The number of nitrogens with one attached hydrogen (secondary N) is 1. The Hall–Kier alpha value is -1.88. The van der Waals surface area contributed by atoms with Crippen molar-refractivity contribution in [2.75, 3.05) is 13.1 Å². The van der Waals surface area contributed by atoms with Crippen molar-refractivity contribution in [1.29, 1.82) is 0 Å². The van der Waals surface area contributed by atoms with Gasteiger partial charge in [-0.25, -0.2) is 0 Å². The van der Waals surface area contributed by atoms with E-state index < -0.39 is 12.0 Å². The number of carbonyl (C=O) groups is 2. The van der Waals surface area contributed by atoms with E-state index in [-0.39, 0.29) is 18.4 Å². The Balaban J connectivity index is 2.19. The van der Waals surface area contributed by atoms with Crippen LogP contribution in [0.3, 0.4) is 0 Å². The molecule has 1 aliphatic heterocycles. The van der Waals surface area contributed by atoms with Crippen molar-refractivity contribution in [3.8, 4) is 0 Å². The van der Waals surface area contributed by atoms with Gasteiger partial charge in [0.15, 0.2) is 0 Å². The molecule has 114 valence electrons. The van der Waals surface area contributed by atoms with Gasteiger partial charge in [0.25, 0.3) is 0 Å². The second kappa shape index (κ2) is 6.72. The molecule has 0 aliphatic carbocycles. The number of aliphatic carboxylic acids is 1. The van der Waals surface area contributed by atoms with Crippen LogP contribution in [0.5, 0.6) is 0 Å². The van der Waals surface area contributed by atoms with Gasteiger partial charge >= 0.3 is 5.97 Å². The number of benzene rings is 1. The van der Waals surface area contributed by atoms with Crippen LogP contribution < -0.4 is 5.32 Å². The Morgan fingerprint density at radius 3 is 2.67 bits per heavy atom. The topological polar surface area (TPSA) is 69.6 Å². The van der Waals surface area contributed by atoms with Gasteiger partial charge in [0.2, 0.25) is 5.91 Å². The van der Waals surface area contributed by atoms with Gasteiger partial charge in [-0.1, -0.05) is 31.2 Å². The first-order valence-corrected chi connectivity index (χ1v) is 7.37. The first-order chi connectivity index (χ1) is 10.0. The zero-order valence-electron chi connectivity index (χ0n) is 12.5. The molecule has 5 heteroatoms. The fourth-order valence-electron chi connectivity index (χ4n) is 2.79. The van der Waals surface area contributed by atoms with Crippen molar-refractivity contribution in [2.45, 2.75) is 38.8 Å². The number of rotatable bonds is 5. The van der Waals surface area contributed by atoms with Crippen molar-refractivity contribution >= 4 is 11.9 Å². The molecule has 1 aliphatic rings. The lowest BCUT2D eigenvalue weighted by Crippen LogP contribution is -2.56. The van der Waals surface area contributed by atoms with Crippen LogP contribution in [0.4, 0.5) is 0 Å². The molecule has 2 N–H and O–H groups in total. The summed E-state index contributed by atoms with van der Waals surface area (Å²) in [5, 5.41) is 11.8. The van der Waals surface area contributed by atoms with Crippen molar-refractivity contribution in [2.24, 2.45) is 0 Å². The normalized spacial score (nSPS) is 20.9. The molecule has 2 atom stereocenters. The number of nitrogens with zero attached hydrogens (tertiary/aromatic N) is 1. The molecule has 1 heterocycles. The van der Waals surface area contributed by atoms with Crippen LogP contribution in [0.25, 0.3) is 0 Å². The van der Waals surface area contributed by atoms with Crippen molar-refractivity contribution in [3.05, 3.63) is 35.4 Å². The highest BCUT2D eigenvalue weighted by Gasteiger charge is 2.34. The highest BCUT2D eigenvalue weighted by molar-refractivity contribution is 5.86. The molecule has 21 heavy (non-hydrogen) atoms. The van der Waals surface area contributed by atoms with Crippen LogP contribution in [0, 0.1) is 0 Å². The Labute approximate surface area is 125 Å². The largest absolute Gasteiger partial charge is 0.481 e. The molecule has 1 aromatic carbocycles. The third-order valence-corrected chi connectivity index (χ3v) is 4.11. The molecular weight excluding hydrogens is 268 g/mol. The fourth-order valence-corrected chi connectivity index (χ4v) is 2.79. The summed E-state index contributed by atoms with van der Waals surface area (Å²) >= 11 is 0. The molecule has 5 nitrogen and oxygen atoms in total. The highest BCUT2D eigenvalue weighted by atomic mass is 16.4. The number of piperazine rings is 1. The Morgan fingerprint density at radius 1 is 1.43 bits per heavy atom. The standard InChI is InChI=1S/C16H22N2O3/c1-3-12-4-6-13(7-5-12)11(2)18-9-8-17-16(21)14(18)10-15(19)20/h4-7,11,14H,3,8-10H2,1-2H3,(H,17,21)(H,19,20). The van der Waals surface area contributed by atoms with Gasteiger partial charge < -0.3 is 10.4 Å². The van der Waals surface area contributed by atoms with E-state index in [1.54, 1.807) is 0 Å². The summed E-state index contributed by atoms with van der Waals surface area (Å²) in [4.78, 5) is 24.9. The van der Waals surface area contributed by atoms with E-state index in [0.29, 0.717) is 13.1 Å². The zero-order chi connectivity index (χ0) is 15.4. The van der Waals surface area contributed by atoms with Gasteiger partial charge in [0.1, 0.15) is 6.04 Å². The average molecular weight is 290 g/mol. The lowest BCUT2D eigenvalue weighted by molar-refractivity contribution is -0.143. The first-order valence-electron chi connectivity index (χ1n) is 7.37. The molecule has 1 fully saturated rings. The van der Waals surface area contributed by atoms with E-state index in [1.165, 1.54) is 5.56 Å². The van der Waals surface area contributed by atoms with Crippen molar-refractivity contribution < 1.29 is 14.7 Å². The molecule has 0 aromatic heterocycles. The van der Waals surface area contributed by atoms with Crippen LogP contribution in [-0.2, 0) is 16.0 Å². The van der Waals surface area contributed by atoms with Crippen LogP contribution in [0.15, 0.2) is 24.3 Å². The monoisotopic (exact) mass is 290 g/mol. The number of carbonyl (C=O) groups excluding carboxylic acids is 1.